The molecule has 0 unspecified atom stereocenters. The molecule has 3 amide bonds. The highest BCUT2D eigenvalue weighted by atomic mass is 19.1. The number of rotatable bonds is 5. The van der Waals surface area contributed by atoms with E-state index in [2.05, 4.69) is 22.9 Å². The van der Waals surface area contributed by atoms with Gasteiger partial charge in [0.25, 0.3) is 0 Å². The smallest absolute Gasteiger partial charge is 0.315 e. The van der Waals surface area contributed by atoms with Crippen LogP contribution in [0.5, 0.6) is 0 Å². The van der Waals surface area contributed by atoms with Crippen molar-refractivity contribution in [3.8, 4) is 0 Å². The molecule has 0 spiro atoms. The lowest BCUT2D eigenvalue weighted by Gasteiger charge is -2.29. The molecule has 0 aromatic heterocycles. The Morgan fingerprint density at radius 3 is 2.52 bits per heavy atom. The summed E-state index contributed by atoms with van der Waals surface area (Å²) in [7, 11) is 0. The zero-order chi connectivity index (χ0) is 16.7. The molecular formula is C17H24FN3O2. The summed E-state index contributed by atoms with van der Waals surface area (Å²) in [4.78, 5) is 23.5. The second-order valence-corrected chi connectivity index (χ2v) is 6.10. The maximum absolute atomic E-state index is 12.8. The number of carbonyl (C=O) groups is 2. The molecule has 3 N–H and O–H groups in total. The Labute approximate surface area is 136 Å². The van der Waals surface area contributed by atoms with Crippen LogP contribution >= 0.6 is 0 Å². The van der Waals surface area contributed by atoms with E-state index in [1.807, 2.05) is 0 Å². The molecule has 5 nitrogen and oxygen atoms in total. The van der Waals surface area contributed by atoms with Crippen molar-refractivity contribution in [3.63, 3.8) is 0 Å². The van der Waals surface area contributed by atoms with Crippen molar-refractivity contribution in [1.82, 2.24) is 16.0 Å². The summed E-state index contributed by atoms with van der Waals surface area (Å²) in [5, 5.41) is 8.15. The SMILES string of the molecule is C[C@@H]1CCCC[C@H]1NC(=O)CNC(=O)NCc1ccc(F)cc1. The highest BCUT2D eigenvalue weighted by molar-refractivity contribution is 5.84. The van der Waals surface area contributed by atoms with E-state index in [0.29, 0.717) is 5.92 Å². The Morgan fingerprint density at radius 2 is 1.83 bits per heavy atom. The van der Waals surface area contributed by atoms with Gasteiger partial charge in [-0.25, -0.2) is 9.18 Å². The Balaban J connectivity index is 1.65. The van der Waals surface area contributed by atoms with Crippen molar-refractivity contribution in [3.05, 3.63) is 35.6 Å². The molecule has 126 valence electrons. The third kappa shape index (κ3) is 5.88. The molecule has 1 saturated carbocycles. The van der Waals surface area contributed by atoms with Crippen LogP contribution in [0.3, 0.4) is 0 Å². The van der Waals surface area contributed by atoms with Gasteiger partial charge in [-0.3, -0.25) is 4.79 Å². The van der Waals surface area contributed by atoms with Crippen molar-refractivity contribution in [2.24, 2.45) is 5.92 Å². The summed E-state index contributed by atoms with van der Waals surface area (Å²) in [5.41, 5.74) is 0.794. The van der Waals surface area contributed by atoms with E-state index in [1.165, 1.54) is 18.6 Å². The van der Waals surface area contributed by atoms with Gasteiger partial charge in [-0.15, -0.1) is 0 Å². The number of benzene rings is 1. The van der Waals surface area contributed by atoms with Crippen molar-refractivity contribution in [2.75, 3.05) is 6.54 Å². The van der Waals surface area contributed by atoms with Crippen LogP contribution in [-0.2, 0) is 11.3 Å². The molecular weight excluding hydrogens is 297 g/mol. The second-order valence-electron chi connectivity index (χ2n) is 6.10. The van der Waals surface area contributed by atoms with Gasteiger partial charge in [0, 0.05) is 12.6 Å². The monoisotopic (exact) mass is 321 g/mol. The van der Waals surface area contributed by atoms with E-state index in [-0.39, 0.29) is 30.9 Å². The lowest BCUT2D eigenvalue weighted by molar-refractivity contribution is -0.121. The van der Waals surface area contributed by atoms with Gasteiger partial charge in [0.2, 0.25) is 5.91 Å². The van der Waals surface area contributed by atoms with Crippen LogP contribution < -0.4 is 16.0 Å². The molecule has 0 heterocycles. The van der Waals surface area contributed by atoms with Crippen LogP contribution in [0.1, 0.15) is 38.2 Å². The van der Waals surface area contributed by atoms with Gasteiger partial charge in [0.05, 0.1) is 6.54 Å². The summed E-state index contributed by atoms with van der Waals surface area (Å²) in [6.07, 6.45) is 4.50. The van der Waals surface area contributed by atoms with Gasteiger partial charge in [0.1, 0.15) is 5.82 Å². The molecule has 2 rings (SSSR count). The minimum absolute atomic E-state index is 0.0432. The Kier molecular flexibility index (Phi) is 6.38. The first kappa shape index (κ1) is 17.2. The fourth-order valence-electron chi connectivity index (χ4n) is 2.80. The Bertz CT molecular complexity index is 533. The third-order valence-electron chi connectivity index (χ3n) is 4.23. The predicted molar refractivity (Wildman–Crippen MR) is 86.2 cm³/mol. The molecule has 2 atom stereocenters. The molecule has 1 aliphatic rings. The van der Waals surface area contributed by atoms with Crippen LogP contribution in [-0.4, -0.2) is 24.5 Å². The highest BCUT2D eigenvalue weighted by Gasteiger charge is 2.22. The minimum Gasteiger partial charge on any atom is -0.352 e. The van der Waals surface area contributed by atoms with E-state index in [4.69, 9.17) is 0 Å². The van der Waals surface area contributed by atoms with Crippen LogP contribution in [0.25, 0.3) is 0 Å². The number of urea groups is 1. The van der Waals surface area contributed by atoms with Gasteiger partial charge in [-0.1, -0.05) is 31.9 Å². The molecule has 0 bridgehead atoms. The summed E-state index contributed by atoms with van der Waals surface area (Å²) in [6, 6.07) is 5.68. The maximum Gasteiger partial charge on any atom is 0.315 e. The standard InChI is InChI=1S/C17H24FN3O2/c1-12-4-2-3-5-15(12)21-16(22)11-20-17(23)19-10-13-6-8-14(18)9-7-13/h6-9,12,15H,2-5,10-11H2,1H3,(H,21,22)(H2,19,20,23)/t12-,15-/m1/s1. The second kappa shape index (κ2) is 8.50. The number of amides is 3. The molecule has 0 saturated heterocycles. The molecule has 1 aromatic carbocycles. The lowest BCUT2D eigenvalue weighted by Crippen LogP contribution is -2.47. The van der Waals surface area contributed by atoms with Crippen LogP contribution in [0, 0.1) is 11.7 Å². The fourth-order valence-corrected chi connectivity index (χ4v) is 2.80. The van der Waals surface area contributed by atoms with Crippen molar-refractivity contribution in [2.45, 2.75) is 45.2 Å². The molecule has 0 aliphatic heterocycles. The number of hydrogen-bond donors (Lipinski definition) is 3. The summed E-state index contributed by atoms with van der Waals surface area (Å²) in [5.74, 6) is 0.00694. The number of halogens is 1. The third-order valence-corrected chi connectivity index (χ3v) is 4.23. The fraction of sp³-hybridized carbons (Fsp3) is 0.529. The first-order valence-corrected chi connectivity index (χ1v) is 8.10. The maximum atomic E-state index is 12.8. The minimum atomic E-state index is -0.416. The number of hydrogen-bond acceptors (Lipinski definition) is 2. The topological polar surface area (TPSA) is 70.2 Å². The van der Waals surface area contributed by atoms with Crippen LogP contribution in [0.15, 0.2) is 24.3 Å². The molecule has 0 radical (unpaired) electrons. The molecule has 23 heavy (non-hydrogen) atoms. The van der Waals surface area contributed by atoms with Crippen molar-refractivity contribution >= 4 is 11.9 Å². The largest absolute Gasteiger partial charge is 0.352 e. The average molecular weight is 321 g/mol. The first-order chi connectivity index (χ1) is 11.0. The normalized spacial score (nSPS) is 20.6. The van der Waals surface area contributed by atoms with Gasteiger partial charge >= 0.3 is 6.03 Å². The molecule has 1 aliphatic carbocycles. The van der Waals surface area contributed by atoms with Gasteiger partial charge in [-0.05, 0) is 36.5 Å². The summed E-state index contributed by atoms with van der Waals surface area (Å²) >= 11 is 0. The lowest BCUT2D eigenvalue weighted by atomic mass is 9.86. The summed E-state index contributed by atoms with van der Waals surface area (Å²) < 4.78 is 12.8. The predicted octanol–water partition coefficient (Wildman–Crippen LogP) is 2.32. The van der Waals surface area contributed by atoms with E-state index >= 15 is 0 Å². The van der Waals surface area contributed by atoms with Gasteiger partial charge in [0.15, 0.2) is 0 Å². The zero-order valence-corrected chi connectivity index (χ0v) is 13.4. The molecule has 1 aromatic rings. The molecule has 6 heteroatoms. The van der Waals surface area contributed by atoms with Gasteiger partial charge in [-0.2, -0.15) is 0 Å². The highest BCUT2D eigenvalue weighted by Crippen LogP contribution is 2.23. The van der Waals surface area contributed by atoms with E-state index in [0.717, 1.165) is 24.8 Å². The van der Waals surface area contributed by atoms with Crippen LogP contribution in [0.4, 0.5) is 9.18 Å². The Morgan fingerprint density at radius 1 is 1.13 bits per heavy atom. The first-order valence-electron chi connectivity index (χ1n) is 8.10. The van der Waals surface area contributed by atoms with Gasteiger partial charge < -0.3 is 16.0 Å². The quantitative estimate of drug-likeness (QED) is 0.779. The summed E-state index contributed by atoms with van der Waals surface area (Å²) in [6.45, 7) is 2.39. The van der Waals surface area contributed by atoms with Crippen LogP contribution in [0.2, 0.25) is 0 Å². The molecule has 1 fully saturated rings. The van der Waals surface area contributed by atoms with E-state index in [1.54, 1.807) is 12.1 Å². The van der Waals surface area contributed by atoms with E-state index in [9.17, 15) is 14.0 Å². The number of nitrogens with one attached hydrogen (secondary N) is 3. The van der Waals surface area contributed by atoms with Crippen molar-refractivity contribution < 1.29 is 14.0 Å². The van der Waals surface area contributed by atoms with Crippen molar-refractivity contribution in [1.29, 1.82) is 0 Å². The zero-order valence-electron chi connectivity index (χ0n) is 13.4. The Hall–Kier alpha value is -2.11. The average Bonchev–Trinajstić information content (AvgIpc) is 2.54. The van der Waals surface area contributed by atoms with E-state index < -0.39 is 6.03 Å². The number of carbonyl (C=O) groups excluding carboxylic acids is 2.